The molecule has 1 aromatic carbocycles. The zero-order chi connectivity index (χ0) is 14.3. The van der Waals surface area contributed by atoms with Crippen LogP contribution in [0.4, 0.5) is 4.39 Å². The number of fused-ring (bicyclic) bond motifs is 1. The molecule has 0 amide bonds. The monoisotopic (exact) mass is 288 g/mol. The molecule has 0 saturated carbocycles. The quantitative estimate of drug-likeness (QED) is 0.777. The van der Waals surface area contributed by atoms with Crippen molar-refractivity contribution < 1.29 is 4.39 Å². The summed E-state index contributed by atoms with van der Waals surface area (Å²) in [5.74, 6) is 0.570. The summed E-state index contributed by atoms with van der Waals surface area (Å²) in [7, 11) is 0. The van der Waals surface area contributed by atoms with Crippen LogP contribution in [0, 0.1) is 5.82 Å². The van der Waals surface area contributed by atoms with Gasteiger partial charge in [0, 0.05) is 16.9 Å². The van der Waals surface area contributed by atoms with Gasteiger partial charge in [-0.05, 0) is 17.7 Å². The van der Waals surface area contributed by atoms with Gasteiger partial charge in [0.05, 0.1) is 5.39 Å². The fraction of sp³-hybridized carbons (Fsp3) is 0.200. The van der Waals surface area contributed by atoms with Crippen LogP contribution in [0.25, 0.3) is 21.3 Å². The van der Waals surface area contributed by atoms with Gasteiger partial charge in [-0.3, -0.25) is 4.79 Å². The minimum Gasteiger partial charge on any atom is -0.310 e. The Morgan fingerprint density at radius 2 is 1.95 bits per heavy atom. The summed E-state index contributed by atoms with van der Waals surface area (Å²) in [6.45, 7) is 3.97. The number of benzene rings is 1. The number of hydrogen-bond acceptors (Lipinski definition) is 3. The lowest BCUT2D eigenvalue weighted by Crippen LogP contribution is -2.12. The van der Waals surface area contributed by atoms with Crippen molar-refractivity contribution in [3.8, 4) is 11.1 Å². The Labute approximate surface area is 119 Å². The average Bonchev–Trinajstić information content (AvgIpc) is 2.84. The molecule has 20 heavy (non-hydrogen) atoms. The molecule has 0 aliphatic heterocycles. The lowest BCUT2D eigenvalue weighted by Gasteiger charge is -2.04. The van der Waals surface area contributed by atoms with E-state index in [1.807, 2.05) is 19.2 Å². The van der Waals surface area contributed by atoms with E-state index in [9.17, 15) is 9.18 Å². The first-order valence-electron chi connectivity index (χ1n) is 6.33. The molecule has 0 atom stereocenters. The van der Waals surface area contributed by atoms with Gasteiger partial charge in [-0.2, -0.15) is 0 Å². The van der Waals surface area contributed by atoms with Crippen LogP contribution in [0.15, 0.2) is 34.4 Å². The molecule has 0 radical (unpaired) electrons. The van der Waals surface area contributed by atoms with Gasteiger partial charge in [0.25, 0.3) is 5.56 Å². The molecule has 5 heteroatoms. The van der Waals surface area contributed by atoms with Crippen molar-refractivity contribution in [2.24, 2.45) is 0 Å². The molecule has 0 unspecified atom stereocenters. The highest BCUT2D eigenvalue weighted by molar-refractivity contribution is 7.17. The maximum Gasteiger partial charge on any atom is 0.260 e. The van der Waals surface area contributed by atoms with Crippen LogP contribution in [0.3, 0.4) is 0 Å². The zero-order valence-corrected chi connectivity index (χ0v) is 11.9. The minimum absolute atomic E-state index is 0.140. The van der Waals surface area contributed by atoms with Crippen molar-refractivity contribution in [2.75, 3.05) is 0 Å². The maximum absolute atomic E-state index is 13.0. The summed E-state index contributed by atoms with van der Waals surface area (Å²) >= 11 is 1.43. The Hall–Kier alpha value is -2.01. The van der Waals surface area contributed by atoms with E-state index in [-0.39, 0.29) is 17.3 Å². The van der Waals surface area contributed by atoms with E-state index in [1.54, 1.807) is 12.1 Å². The molecule has 0 fully saturated rings. The number of nitrogens with one attached hydrogen (secondary N) is 1. The summed E-state index contributed by atoms with van der Waals surface area (Å²) in [5.41, 5.74) is 1.48. The molecule has 0 aliphatic carbocycles. The highest BCUT2D eigenvalue weighted by Gasteiger charge is 2.14. The third-order valence-corrected chi connectivity index (χ3v) is 4.04. The SMILES string of the molecule is CC(C)c1nc2scc(-c3ccc(F)cc3)c2c(=O)[nH]1. The van der Waals surface area contributed by atoms with Gasteiger partial charge in [0.15, 0.2) is 0 Å². The second-order valence-electron chi connectivity index (χ2n) is 4.94. The number of thiophene rings is 1. The van der Waals surface area contributed by atoms with Crippen molar-refractivity contribution in [1.82, 2.24) is 9.97 Å². The van der Waals surface area contributed by atoms with Gasteiger partial charge in [0.1, 0.15) is 16.5 Å². The highest BCUT2D eigenvalue weighted by atomic mass is 32.1. The standard InChI is InChI=1S/C15H13FN2OS/c1-8(2)13-17-14(19)12-11(7-20-15(12)18-13)9-3-5-10(16)6-4-9/h3-8H,1-2H3,(H,17,18,19). The topological polar surface area (TPSA) is 45.8 Å². The van der Waals surface area contributed by atoms with Gasteiger partial charge in [-0.1, -0.05) is 26.0 Å². The fourth-order valence-electron chi connectivity index (χ4n) is 2.08. The maximum atomic E-state index is 13.0. The predicted molar refractivity (Wildman–Crippen MR) is 79.7 cm³/mol. The number of H-pyrrole nitrogens is 1. The van der Waals surface area contributed by atoms with Crippen LogP contribution in [0.5, 0.6) is 0 Å². The molecule has 0 saturated heterocycles. The molecule has 1 N–H and O–H groups in total. The zero-order valence-electron chi connectivity index (χ0n) is 11.1. The van der Waals surface area contributed by atoms with Crippen molar-refractivity contribution in [3.05, 3.63) is 51.6 Å². The van der Waals surface area contributed by atoms with Gasteiger partial charge in [0.2, 0.25) is 0 Å². The van der Waals surface area contributed by atoms with Crippen LogP contribution >= 0.6 is 11.3 Å². The second-order valence-corrected chi connectivity index (χ2v) is 5.80. The first kappa shape index (κ1) is 13.0. The Bertz CT molecular complexity index is 818. The Morgan fingerprint density at radius 3 is 2.60 bits per heavy atom. The molecule has 2 aromatic heterocycles. The van der Waals surface area contributed by atoms with Crippen LogP contribution in [0.1, 0.15) is 25.6 Å². The first-order valence-corrected chi connectivity index (χ1v) is 7.21. The summed E-state index contributed by atoms with van der Waals surface area (Å²) in [6.07, 6.45) is 0. The molecule has 0 spiro atoms. The Morgan fingerprint density at radius 1 is 1.25 bits per heavy atom. The smallest absolute Gasteiger partial charge is 0.260 e. The molecule has 0 bridgehead atoms. The van der Waals surface area contributed by atoms with E-state index in [2.05, 4.69) is 9.97 Å². The number of nitrogens with zero attached hydrogens (tertiary/aromatic N) is 1. The number of aromatic amines is 1. The molecule has 3 rings (SSSR count). The van der Waals surface area contributed by atoms with Crippen LogP contribution in [0.2, 0.25) is 0 Å². The fourth-order valence-corrected chi connectivity index (χ4v) is 3.04. The van der Waals surface area contributed by atoms with Gasteiger partial charge in [-0.15, -0.1) is 11.3 Å². The van der Waals surface area contributed by atoms with Crippen molar-refractivity contribution in [3.63, 3.8) is 0 Å². The minimum atomic E-state index is -0.289. The van der Waals surface area contributed by atoms with Crippen molar-refractivity contribution in [2.45, 2.75) is 19.8 Å². The Kier molecular flexibility index (Phi) is 3.14. The van der Waals surface area contributed by atoms with Gasteiger partial charge in [-0.25, -0.2) is 9.37 Å². The van der Waals surface area contributed by atoms with E-state index < -0.39 is 0 Å². The summed E-state index contributed by atoms with van der Waals surface area (Å²) in [5, 5.41) is 2.47. The molecular weight excluding hydrogens is 275 g/mol. The summed E-state index contributed by atoms with van der Waals surface area (Å²) < 4.78 is 13.0. The third-order valence-electron chi connectivity index (χ3n) is 3.16. The third kappa shape index (κ3) is 2.14. The van der Waals surface area contributed by atoms with E-state index >= 15 is 0 Å². The number of hydrogen-bond donors (Lipinski definition) is 1. The van der Waals surface area contributed by atoms with Crippen molar-refractivity contribution in [1.29, 1.82) is 0 Å². The molecule has 0 aliphatic rings. The van der Waals surface area contributed by atoms with Crippen molar-refractivity contribution >= 4 is 21.6 Å². The molecule has 2 heterocycles. The average molecular weight is 288 g/mol. The molecule has 3 nitrogen and oxygen atoms in total. The number of halogens is 1. The number of aromatic nitrogens is 2. The van der Waals surface area contributed by atoms with E-state index in [0.29, 0.717) is 11.2 Å². The molecule has 3 aromatic rings. The van der Waals surface area contributed by atoms with E-state index in [4.69, 9.17) is 0 Å². The van der Waals surface area contributed by atoms with Crippen LogP contribution < -0.4 is 5.56 Å². The van der Waals surface area contributed by atoms with Crippen LogP contribution in [-0.4, -0.2) is 9.97 Å². The molecular formula is C15H13FN2OS. The lowest BCUT2D eigenvalue weighted by atomic mass is 10.1. The van der Waals surface area contributed by atoms with Gasteiger partial charge < -0.3 is 4.98 Å². The number of rotatable bonds is 2. The Balaban J connectivity index is 2.24. The van der Waals surface area contributed by atoms with E-state index in [1.165, 1.54) is 23.5 Å². The van der Waals surface area contributed by atoms with E-state index in [0.717, 1.165) is 16.0 Å². The molecule has 102 valence electrons. The first-order chi connectivity index (χ1) is 9.56. The van der Waals surface area contributed by atoms with Gasteiger partial charge >= 0.3 is 0 Å². The van der Waals surface area contributed by atoms with Crippen LogP contribution in [-0.2, 0) is 0 Å². The highest BCUT2D eigenvalue weighted by Crippen LogP contribution is 2.31. The second kappa shape index (κ2) is 4.83. The lowest BCUT2D eigenvalue weighted by molar-refractivity contribution is 0.628. The largest absolute Gasteiger partial charge is 0.310 e. The summed E-state index contributed by atoms with van der Waals surface area (Å²) in [4.78, 5) is 20.3. The normalized spacial score (nSPS) is 11.4. The predicted octanol–water partition coefficient (Wildman–Crippen LogP) is 3.91. The summed E-state index contributed by atoms with van der Waals surface area (Å²) in [6, 6.07) is 6.13.